The van der Waals surface area contributed by atoms with Crippen molar-refractivity contribution in [3.8, 4) is 16.9 Å². The molecule has 0 unspecified atom stereocenters. The maximum absolute atomic E-state index is 11.8. The van der Waals surface area contributed by atoms with Gasteiger partial charge in [0.2, 0.25) is 0 Å². The van der Waals surface area contributed by atoms with Gasteiger partial charge >= 0.3 is 6.16 Å². The molecule has 0 aliphatic rings. The summed E-state index contributed by atoms with van der Waals surface area (Å²) in [5.74, 6) is 0.388. The highest BCUT2D eigenvalue weighted by atomic mass is 35.5. The molecule has 3 aromatic rings. The Hall–Kier alpha value is -3.11. The fourth-order valence-electron chi connectivity index (χ4n) is 2.35. The largest absolute Gasteiger partial charge is 0.514 e. The van der Waals surface area contributed by atoms with Gasteiger partial charge in [-0.05, 0) is 52.6 Å². The summed E-state index contributed by atoms with van der Waals surface area (Å²) in [6, 6.07) is 23.3. The third kappa shape index (κ3) is 4.71. The number of benzene rings is 3. The number of carbonyl (C=O) groups is 2. The van der Waals surface area contributed by atoms with Crippen LogP contribution in [0.15, 0.2) is 78.9 Å². The lowest BCUT2D eigenvalue weighted by atomic mass is 10.0. The highest BCUT2D eigenvalue weighted by molar-refractivity contribution is 6.67. The molecule has 3 rings (SSSR count). The topological polar surface area (TPSA) is 52.6 Å². The third-order valence-corrected chi connectivity index (χ3v) is 3.92. The van der Waals surface area contributed by atoms with Crippen LogP contribution in [-0.4, -0.2) is 11.4 Å². The van der Waals surface area contributed by atoms with Crippen molar-refractivity contribution in [1.29, 1.82) is 0 Å². The summed E-state index contributed by atoms with van der Waals surface area (Å²) in [4.78, 5) is 22.8. The Morgan fingerprint density at radius 3 is 1.92 bits per heavy atom. The third-order valence-electron chi connectivity index (χ3n) is 3.70. The van der Waals surface area contributed by atoms with E-state index < -0.39 is 11.4 Å². The van der Waals surface area contributed by atoms with Crippen LogP contribution >= 0.6 is 11.6 Å². The average molecular weight is 367 g/mol. The van der Waals surface area contributed by atoms with Gasteiger partial charge in [-0.3, -0.25) is 4.79 Å². The molecular weight excluding hydrogens is 352 g/mol. The van der Waals surface area contributed by atoms with Crippen molar-refractivity contribution < 1.29 is 19.1 Å². The molecule has 0 radical (unpaired) electrons. The Morgan fingerprint density at radius 2 is 1.35 bits per heavy atom. The smallest absolute Gasteiger partial charge is 0.429 e. The molecule has 0 aliphatic carbocycles. The lowest BCUT2D eigenvalue weighted by Gasteiger charge is -2.07. The fourth-order valence-corrected chi connectivity index (χ4v) is 2.48. The molecule has 0 bridgehead atoms. The summed E-state index contributed by atoms with van der Waals surface area (Å²) in [7, 11) is 0. The van der Waals surface area contributed by atoms with Crippen LogP contribution in [0.3, 0.4) is 0 Å². The van der Waals surface area contributed by atoms with Crippen LogP contribution in [0.1, 0.15) is 15.9 Å². The summed E-state index contributed by atoms with van der Waals surface area (Å²) < 4.78 is 10.2. The molecule has 4 nitrogen and oxygen atoms in total. The molecule has 26 heavy (non-hydrogen) atoms. The number of hydrogen-bond donors (Lipinski definition) is 0. The minimum Gasteiger partial charge on any atom is -0.429 e. The summed E-state index contributed by atoms with van der Waals surface area (Å²) in [6.07, 6.45) is -0.758. The quantitative estimate of drug-likeness (QED) is 0.342. The summed E-state index contributed by atoms with van der Waals surface area (Å²) in [6.45, 7) is 0.156. The zero-order valence-corrected chi connectivity index (χ0v) is 14.5. The van der Waals surface area contributed by atoms with Crippen LogP contribution in [0.5, 0.6) is 5.75 Å². The Balaban J connectivity index is 1.58. The first-order chi connectivity index (χ1) is 12.6. The van der Waals surface area contributed by atoms with Gasteiger partial charge in [0, 0.05) is 5.56 Å². The second-order valence-electron chi connectivity index (χ2n) is 5.50. The van der Waals surface area contributed by atoms with Crippen molar-refractivity contribution >= 4 is 23.0 Å². The van der Waals surface area contributed by atoms with E-state index in [0.29, 0.717) is 11.3 Å². The molecule has 5 heteroatoms. The van der Waals surface area contributed by atoms with Crippen LogP contribution in [0, 0.1) is 0 Å². The van der Waals surface area contributed by atoms with Gasteiger partial charge < -0.3 is 9.47 Å². The lowest BCUT2D eigenvalue weighted by molar-refractivity contribution is 0.0927. The van der Waals surface area contributed by atoms with Crippen molar-refractivity contribution in [3.05, 3.63) is 90.0 Å². The predicted octanol–water partition coefficient (Wildman–Crippen LogP) is 5.45. The maximum atomic E-state index is 11.8. The van der Waals surface area contributed by atoms with Gasteiger partial charge in [-0.1, -0.05) is 54.6 Å². The Bertz CT molecular complexity index is 888. The van der Waals surface area contributed by atoms with E-state index in [9.17, 15) is 9.59 Å². The molecule has 0 aromatic heterocycles. The molecule has 0 spiro atoms. The Labute approximate surface area is 155 Å². The van der Waals surface area contributed by atoms with E-state index in [4.69, 9.17) is 21.1 Å². The number of hydrogen-bond acceptors (Lipinski definition) is 4. The van der Waals surface area contributed by atoms with Gasteiger partial charge in [-0.25, -0.2) is 4.79 Å². The molecule has 0 heterocycles. The number of halogens is 1. The van der Waals surface area contributed by atoms with E-state index in [0.717, 1.165) is 16.7 Å². The summed E-state index contributed by atoms with van der Waals surface area (Å²) in [5, 5.41) is -0.491. The van der Waals surface area contributed by atoms with Crippen molar-refractivity contribution in [2.24, 2.45) is 0 Å². The van der Waals surface area contributed by atoms with Gasteiger partial charge in [-0.2, -0.15) is 0 Å². The van der Waals surface area contributed by atoms with E-state index in [1.165, 1.54) is 0 Å². The van der Waals surface area contributed by atoms with Crippen molar-refractivity contribution in [2.45, 2.75) is 6.61 Å². The molecule has 0 atom stereocenters. The Morgan fingerprint density at radius 1 is 0.769 bits per heavy atom. The van der Waals surface area contributed by atoms with Crippen molar-refractivity contribution in [3.63, 3.8) is 0 Å². The van der Waals surface area contributed by atoms with Crippen LogP contribution in [0.2, 0.25) is 0 Å². The molecule has 0 aliphatic heterocycles. The second kappa shape index (κ2) is 8.32. The zero-order valence-electron chi connectivity index (χ0n) is 13.7. The standard InChI is InChI=1S/C21H15ClO4/c22-20(23)18-8-6-16(7-9-18)17-10-12-19(13-11-17)26-21(24)25-14-15-4-2-1-3-5-15/h1-13H,14H2. The average Bonchev–Trinajstić information content (AvgIpc) is 2.68. The van der Waals surface area contributed by atoms with Crippen LogP contribution in [-0.2, 0) is 11.3 Å². The molecule has 3 aromatic carbocycles. The minimum absolute atomic E-state index is 0.156. The first-order valence-electron chi connectivity index (χ1n) is 7.91. The molecule has 0 saturated heterocycles. The zero-order chi connectivity index (χ0) is 18.4. The molecular formula is C21H15ClO4. The maximum Gasteiger partial charge on any atom is 0.514 e. The minimum atomic E-state index is -0.758. The van der Waals surface area contributed by atoms with Gasteiger partial charge in [0.1, 0.15) is 12.4 Å². The molecule has 0 N–H and O–H groups in total. The van der Waals surface area contributed by atoms with Crippen molar-refractivity contribution in [2.75, 3.05) is 0 Å². The number of carbonyl (C=O) groups excluding carboxylic acids is 2. The molecule has 0 saturated carbocycles. The fraction of sp³-hybridized carbons (Fsp3) is 0.0476. The molecule has 0 amide bonds. The van der Waals surface area contributed by atoms with E-state index >= 15 is 0 Å². The van der Waals surface area contributed by atoms with Crippen molar-refractivity contribution in [1.82, 2.24) is 0 Å². The predicted molar refractivity (Wildman–Crippen MR) is 99.3 cm³/mol. The normalized spacial score (nSPS) is 10.2. The van der Waals surface area contributed by atoms with Crippen LogP contribution in [0.4, 0.5) is 4.79 Å². The first-order valence-corrected chi connectivity index (χ1v) is 8.28. The molecule has 0 fully saturated rings. The van der Waals surface area contributed by atoms with Gasteiger partial charge in [0.15, 0.2) is 0 Å². The number of rotatable bonds is 5. The van der Waals surface area contributed by atoms with Crippen LogP contribution < -0.4 is 4.74 Å². The SMILES string of the molecule is O=C(OCc1ccccc1)Oc1ccc(-c2ccc(C(=O)Cl)cc2)cc1. The highest BCUT2D eigenvalue weighted by Crippen LogP contribution is 2.23. The Kier molecular flexibility index (Phi) is 5.66. The lowest BCUT2D eigenvalue weighted by Crippen LogP contribution is -2.10. The van der Waals surface area contributed by atoms with Crippen LogP contribution in [0.25, 0.3) is 11.1 Å². The summed E-state index contributed by atoms with van der Waals surface area (Å²) >= 11 is 5.44. The van der Waals surface area contributed by atoms with E-state index in [-0.39, 0.29) is 6.61 Å². The molecule has 130 valence electrons. The van der Waals surface area contributed by atoms with E-state index in [2.05, 4.69) is 0 Å². The van der Waals surface area contributed by atoms with Gasteiger partial charge in [-0.15, -0.1) is 0 Å². The first kappa shape index (κ1) is 17.7. The second-order valence-corrected chi connectivity index (χ2v) is 5.85. The van der Waals surface area contributed by atoms with Gasteiger partial charge in [0.25, 0.3) is 5.24 Å². The number of ether oxygens (including phenoxy) is 2. The summed E-state index contributed by atoms with van der Waals surface area (Å²) in [5.41, 5.74) is 3.17. The highest BCUT2D eigenvalue weighted by Gasteiger charge is 2.07. The van der Waals surface area contributed by atoms with E-state index in [1.807, 2.05) is 42.5 Å². The van der Waals surface area contributed by atoms with Gasteiger partial charge in [0.05, 0.1) is 0 Å². The van der Waals surface area contributed by atoms with E-state index in [1.54, 1.807) is 36.4 Å². The monoisotopic (exact) mass is 366 g/mol.